The van der Waals surface area contributed by atoms with Gasteiger partial charge in [-0.05, 0) is 6.92 Å². The third-order valence-electron chi connectivity index (χ3n) is 1.91. The summed E-state index contributed by atoms with van der Waals surface area (Å²) in [6.07, 6.45) is 3.57. The highest BCUT2D eigenvalue weighted by atomic mass is 35.5. The Morgan fingerprint density at radius 2 is 2.43 bits per heavy atom. The molecule has 0 amide bonds. The third kappa shape index (κ3) is 1.96. The lowest BCUT2D eigenvalue weighted by Crippen LogP contribution is -2.01. The maximum absolute atomic E-state index is 5.77. The molecule has 0 aromatic carbocycles. The molecule has 0 fully saturated rings. The second-order valence-electron chi connectivity index (χ2n) is 3.03. The Bertz CT molecular complexity index is 421. The van der Waals surface area contributed by atoms with Gasteiger partial charge >= 0.3 is 0 Å². The molecule has 0 aliphatic carbocycles. The second-order valence-corrected chi connectivity index (χ2v) is 4.24. The Hall–Kier alpha value is -0.870. The van der Waals surface area contributed by atoms with Gasteiger partial charge in [0.05, 0.1) is 24.4 Å². The summed E-state index contributed by atoms with van der Waals surface area (Å²) in [4.78, 5) is 8.44. The fraction of sp³-hybridized carbons (Fsp3) is 0.333. The molecule has 14 heavy (non-hydrogen) atoms. The van der Waals surface area contributed by atoms with E-state index in [0.29, 0.717) is 5.88 Å². The Balaban J connectivity index is 2.18. The molecule has 2 aromatic rings. The molecule has 0 radical (unpaired) electrons. The van der Waals surface area contributed by atoms with Crippen LogP contribution in [-0.2, 0) is 12.4 Å². The lowest BCUT2D eigenvalue weighted by atomic mass is 10.5. The molecule has 2 aromatic heterocycles. The van der Waals surface area contributed by atoms with Crippen LogP contribution in [0, 0.1) is 6.92 Å². The van der Waals surface area contributed by atoms with E-state index in [1.54, 1.807) is 23.9 Å². The van der Waals surface area contributed by atoms with E-state index >= 15 is 0 Å². The number of aromatic nitrogens is 3. The van der Waals surface area contributed by atoms with E-state index in [9.17, 15) is 0 Å². The Morgan fingerprint density at radius 1 is 1.57 bits per heavy atom. The molecule has 3 nitrogen and oxygen atoms in total. The zero-order chi connectivity index (χ0) is 9.97. The van der Waals surface area contributed by atoms with Crippen molar-refractivity contribution in [2.75, 3.05) is 0 Å². The third-order valence-corrected chi connectivity index (χ3v) is 3.13. The molecule has 74 valence electrons. The Labute approximate surface area is 91.4 Å². The van der Waals surface area contributed by atoms with Crippen LogP contribution in [0.5, 0.6) is 0 Å². The fourth-order valence-electron chi connectivity index (χ4n) is 1.22. The summed E-state index contributed by atoms with van der Waals surface area (Å²) in [6.45, 7) is 2.76. The second kappa shape index (κ2) is 4.11. The van der Waals surface area contributed by atoms with Crippen molar-refractivity contribution in [1.29, 1.82) is 0 Å². The minimum absolute atomic E-state index is 0.490. The van der Waals surface area contributed by atoms with E-state index in [4.69, 9.17) is 11.6 Å². The largest absolute Gasteiger partial charge is 0.327 e. The van der Waals surface area contributed by atoms with Gasteiger partial charge in [0, 0.05) is 17.3 Å². The average molecular weight is 228 g/mol. The highest BCUT2D eigenvalue weighted by Gasteiger charge is 2.03. The van der Waals surface area contributed by atoms with Gasteiger partial charge in [-0.15, -0.1) is 22.9 Å². The quantitative estimate of drug-likeness (QED) is 0.755. The number of rotatable bonds is 3. The minimum Gasteiger partial charge on any atom is -0.327 e. The topological polar surface area (TPSA) is 30.7 Å². The molecule has 2 rings (SSSR count). The summed E-state index contributed by atoms with van der Waals surface area (Å²) < 4.78 is 2.02. The highest BCUT2D eigenvalue weighted by molar-refractivity contribution is 7.09. The van der Waals surface area contributed by atoms with Crippen LogP contribution >= 0.6 is 22.9 Å². The van der Waals surface area contributed by atoms with Crippen molar-refractivity contribution in [2.45, 2.75) is 19.3 Å². The van der Waals surface area contributed by atoms with E-state index in [-0.39, 0.29) is 0 Å². The molecule has 0 spiro atoms. The normalized spacial score (nSPS) is 10.7. The van der Waals surface area contributed by atoms with Gasteiger partial charge in [-0.25, -0.2) is 9.97 Å². The molecule has 2 heterocycles. The van der Waals surface area contributed by atoms with Crippen molar-refractivity contribution < 1.29 is 0 Å². The summed E-state index contributed by atoms with van der Waals surface area (Å²) in [5.41, 5.74) is 2.09. The minimum atomic E-state index is 0.490. The number of hydrogen-bond donors (Lipinski definition) is 0. The van der Waals surface area contributed by atoms with E-state index in [1.165, 1.54) is 0 Å². The lowest BCUT2D eigenvalue weighted by molar-refractivity contribution is 0.757. The SMILES string of the molecule is Cc1csc(Cn2cncc2CCl)n1. The van der Waals surface area contributed by atoms with Gasteiger partial charge in [0.15, 0.2) is 0 Å². The first-order valence-electron chi connectivity index (χ1n) is 4.25. The maximum Gasteiger partial charge on any atom is 0.113 e. The summed E-state index contributed by atoms with van der Waals surface area (Å²) in [5, 5.41) is 3.14. The molecular weight excluding hydrogens is 218 g/mol. The zero-order valence-corrected chi connectivity index (χ0v) is 9.35. The van der Waals surface area contributed by atoms with Crippen LogP contribution in [0.15, 0.2) is 17.9 Å². The van der Waals surface area contributed by atoms with E-state index < -0.39 is 0 Å². The van der Waals surface area contributed by atoms with Gasteiger partial charge in [0.1, 0.15) is 5.01 Å². The average Bonchev–Trinajstić information content (AvgIpc) is 2.76. The number of alkyl halides is 1. The van der Waals surface area contributed by atoms with Gasteiger partial charge in [0.2, 0.25) is 0 Å². The maximum atomic E-state index is 5.77. The smallest absolute Gasteiger partial charge is 0.113 e. The highest BCUT2D eigenvalue weighted by Crippen LogP contribution is 2.12. The van der Waals surface area contributed by atoms with E-state index in [0.717, 1.165) is 22.9 Å². The monoisotopic (exact) mass is 227 g/mol. The number of halogens is 1. The van der Waals surface area contributed by atoms with Gasteiger partial charge < -0.3 is 4.57 Å². The molecule has 0 unspecified atom stereocenters. The lowest BCUT2D eigenvalue weighted by Gasteiger charge is -2.02. The van der Waals surface area contributed by atoms with Crippen LogP contribution in [0.3, 0.4) is 0 Å². The standard InChI is InChI=1S/C9H10ClN3S/c1-7-5-14-9(12-7)4-13-6-11-3-8(13)2-10/h3,5-6H,2,4H2,1H3. The van der Waals surface area contributed by atoms with Gasteiger partial charge in [-0.1, -0.05) is 0 Å². The van der Waals surface area contributed by atoms with Crippen LogP contribution in [0.25, 0.3) is 0 Å². The Morgan fingerprint density at radius 3 is 3.07 bits per heavy atom. The summed E-state index contributed by atoms with van der Waals surface area (Å²) in [5.74, 6) is 0.490. The van der Waals surface area contributed by atoms with Crippen molar-refractivity contribution in [3.8, 4) is 0 Å². The number of aryl methyl sites for hydroxylation is 1. The molecule has 0 aliphatic rings. The van der Waals surface area contributed by atoms with Crippen LogP contribution in [0.2, 0.25) is 0 Å². The predicted molar refractivity (Wildman–Crippen MR) is 57.7 cm³/mol. The van der Waals surface area contributed by atoms with E-state index in [1.807, 2.05) is 16.9 Å². The van der Waals surface area contributed by atoms with Crippen LogP contribution in [0.1, 0.15) is 16.4 Å². The van der Waals surface area contributed by atoms with Crippen molar-refractivity contribution in [3.05, 3.63) is 34.3 Å². The van der Waals surface area contributed by atoms with Crippen LogP contribution < -0.4 is 0 Å². The fourth-order valence-corrected chi connectivity index (χ4v) is 2.21. The predicted octanol–water partition coefficient (Wildman–Crippen LogP) is 2.44. The number of nitrogens with zero attached hydrogens (tertiary/aromatic N) is 3. The van der Waals surface area contributed by atoms with Crippen LogP contribution in [-0.4, -0.2) is 14.5 Å². The molecule has 0 saturated heterocycles. The first-order chi connectivity index (χ1) is 6.79. The van der Waals surface area contributed by atoms with Gasteiger partial charge in [-0.3, -0.25) is 0 Å². The first-order valence-corrected chi connectivity index (χ1v) is 5.67. The molecule has 0 bridgehead atoms. The molecule has 0 atom stereocenters. The summed E-state index contributed by atoms with van der Waals surface area (Å²) >= 11 is 7.43. The van der Waals surface area contributed by atoms with Crippen molar-refractivity contribution >= 4 is 22.9 Å². The first kappa shape index (κ1) is 9.68. The Kier molecular flexibility index (Phi) is 2.84. The number of thiazole rings is 1. The van der Waals surface area contributed by atoms with Crippen LogP contribution in [0.4, 0.5) is 0 Å². The van der Waals surface area contributed by atoms with Crippen molar-refractivity contribution in [1.82, 2.24) is 14.5 Å². The van der Waals surface area contributed by atoms with E-state index in [2.05, 4.69) is 9.97 Å². The zero-order valence-electron chi connectivity index (χ0n) is 7.77. The van der Waals surface area contributed by atoms with Crippen molar-refractivity contribution in [3.63, 3.8) is 0 Å². The summed E-state index contributed by atoms with van der Waals surface area (Å²) in [7, 11) is 0. The van der Waals surface area contributed by atoms with Gasteiger partial charge in [-0.2, -0.15) is 0 Å². The molecule has 5 heteroatoms. The molecular formula is C9H10ClN3S. The molecule has 0 aliphatic heterocycles. The summed E-state index contributed by atoms with van der Waals surface area (Å²) in [6, 6.07) is 0. The molecule has 0 saturated carbocycles. The molecule has 0 N–H and O–H groups in total. The van der Waals surface area contributed by atoms with Crippen molar-refractivity contribution in [2.24, 2.45) is 0 Å². The number of hydrogen-bond acceptors (Lipinski definition) is 3. The van der Waals surface area contributed by atoms with Gasteiger partial charge in [0.25, 0.3) is 0 Å². The number of imidazole rings is 1.